The first-order valence-electron chi connectivity index (χ1n) is 9.52. The van der Waals surface area contributed by atoms with Crippen LogP contribution in [0.1, 0.15) is 17.5 Å². The normalized spacial score (nSPS) is 17.5. The van der Waals surface area contributed by atoms with E-state index in [1.807, 2.05) is 17.0 Å². The molecule has 3 N–H and O–H groups in total. The number of hydrogen-bond donors (Lipinski definition) is 3. The molecular formula is C19H29N5O2. The topological polar surface area (TPSA) is 76.7 Å². The summed E-state index contributed by atoms with van der Waals surface area (Å²) in [6, 6.07) is 8.14. The van der Waals surface area contributed by atoms with E-state index in [-0.39, 0.29) is 11.9 Å². The van der Waals surface area contributed by atoms with Gasteiger partial charge in [0.1, 0.15) is 0 Å². The average Bonchev–Trinajstić information content (AvgIpc) is 2.68. The number of benzene rings is 1. The molecular weight excluding hydrogens is 330 g/mol. The summed E-state index contributed by atoms with van der Waals surface area (Å²) in [6.07, 6.45) is 1.20. The van der Waals surface area contributed by atoms with Crippen LogP contribution in [-0.2, 0) is 17.8 Å². The molecule has 0 saturated carbocycles. The summed E-state index contributed by atoms with van der Waals surface area (Å²) in [5.74, 6) is -0.00979. The zero-order valence-electron chi connectivity index (χ0n) is 15.3. The molecule has 1 fully saturated rings. The van der Waals surface area contributed by atoms with Gasteiger partial charge in [-0.2, -0.15) is 0 Å². The molecule has 2 aliphatic rings. The van der Waals surface area contributed by atoms with Crippen LogP contribution in [0.4, 0.5) is 4.79 Å². The van der Waals surface area contributed by atoms with Crippen LogP contribution in [0, 0.1) is 0 Å². The number of carbonyl (C=O) groups excluding carboxylic acids is 2. The smallest absolute Gasteiger partial charge is 0.317 e. The predicted octanol–water partition coefficient (Wildman–Crippen LogP) is 0.166. The minimum Gasteiger partial charge on any atom is -0.355 e. The van der Waals surface area contributed by atoms with Crippen LogP contribution in [0.25, 0.3) is 0 Å². The Bertz CT molecular complexity index is 616. The lowest BCUT2D eigenvalue weighted by Gasteiger charge is -2.29. The lowest BCUT2D eigenvalue weighted by Crippen LogP contribution is -2.46. The highest BCUT2D eigenvalue weighted by molar-refractivity contribution is 5.78. The third-order valence-electron chi connectivity index (χ3n) is 5.01. The van der Waals surface area contributed by atoms with Gasteiger partial charge >= 0.3 is 6.03 Å². The molecule has 0 bridgehead atoms. The summed E-state index contributed by atoms with van der Waals surface area (Å²) in [6.45, 7) is 7.37. The van der Waals surface area contributed by atoms with Crippen molar-refractivity contribution in [3.8, 4) is 0 Å². The molecule has 0 radical (unpaired) electrons. The minimum absolute atomic E-state index is 0.00979. The molecule has 3 rings (SSSR count). The molecule has 26 heavy (non-hydrogen) atoms. The van der Waals surface area contributed by atoms with Crippen LogP contribution < -0.4 is 16.0 Å². The highest BCUT2D eigenvalue weighted by atomic mass is 16.2. The number of nitrogens with zero attached hydrogens (tertiary/aromatic N) is 2. The fourth-order valence-electron chi connectivity index (χ4n) is 3.44. The SMILES string of the molecule is O=C(CCNC(=O)N1CCc2ccccc2C1)NCCN1CCNCC1. The summed E-state index contributed by atoms with van der Waals surface area (Å²) < 4.78 is 0. The number of nitrogens with one attached hydrogen (secondary N) is 3. The van der Waals surface area contributed by atoms with Gasteiger partial charge < -0.3 is 20.9 Å². The number of hydrogen-bond acceptors (Lipinski definition) is 4. The van der Waals surface area contributed by atoms with E-state index in [4.69, 9.17) is 0 Å². The second-order valence-electron chi connectivity index (χ2n) is 6.86. The van der Waals surface area contributed by atoms with Gasteiger partial charge in [-0.05, 0) is 17.5 Å². The third-order valence-corrected chi connectivity index (χ3v) is 5.01. The van der Waals surface area contributed by atoms with Gasteiger partial charge in [0, 0.05) is 65.3 Å². The first kappa shape index (κ1) is 18.7. The largest absolute Gasteiger partial charge is 0.355 e. The zero-order valence-corrected chi connectivity index (χ0v) is 15.3. The van der Waals surface area contributed by atoms with E-state index in [1.165, 1.54) is 11.1 Å². The van der Waals surface area contributed by atoms with Crippen molar-refractivity contribution in [2.24, 2.45) is 0 Å². The van der Waals surface area contributed by atoms with Gasteiger partial charge in [-0.3, -0.25) is 9.69 Å². The molecule has 1 saturated heterocycles. The van der Waals surface area contributed by atoms with Crippen molar-refractivity contribution >= 4 is 11.9 Å². The first-order valence-corrected chi connectivity index (χ1v) is 9.52. The Labute approximate surface area is 155 Å². The van der Waals surface area contributed by atoms with Crippen molar-refractivity contribution in [3.63, 3.8) is 0 Å². The average molecular weight is 359 g/mol. The molecule has 1 aromatic carbocycles. The van der Waals surface area contributed by atoms with Gasteiger partial charge in [0.2, 0.25) is 5.91 Å². The summed E-state index contributed by atoms with van der Waals surface area (Å²) >= 11 is 0. The quantitative estimate of drug-likeness (QED) is 0.677. The Morgan fingerprint density at radius 3 is 2.58 bits per heavy atom. The molecule has 3 amide bonds. The van der Waals surface area contributed by atoms with Gasteiger partial charge in [0.05, 0.1) is 0 Å². The summed E-state index contributed by atoms with van der Waals surface area (Å²) in [7, 11) is 0. The maximum absolute atomic E-state index is 12.3. The molecule has 1 aromatic rings. The van der Waals surface area contributed by atoms with Gasteiger partial charge in [0.15, 0.2) is 0 Å². The molecule has 7 heteroatoms. The monoisotopic (exact) mass is 359 g/mol. The van der Waals surface area contributed by atoms with Crippen molar-refractivity contribution in [3.05, 3.63) is 35.4 Å². The highest BCUT2D eigenvalue weighted by Crippen LogP contribution is 2.18. The minimum atomic E-state index is -0.0897. The highest BCUT2D eigenvalue weighted by Gasteiger charge is 2.20. The van der Waals surface area contributed by atoms with Crippen LogP contribution >= 0.6 is 0 Å². The van der Waals surface area contributed by atoms with E-state index in [2.05, 4.69) is 33.0 Å². The van der Waals surface area contributed by atoms with E-state index in [9.17, 15) is 9.59 Å². The molecule has 0 spiro atoms. The Morgan fingerprint density at radius 2 is 1.77 bits per heavy atom. The lowest BCUT2D eigenvalue weighted by atomic mass is 10.0. The molecule has 2 heterocycles. The molecule has 0 aromatic heterocycles. The Kier molecular flexibility index (Phi) is 6.85. The molecule has 142 valence electrons. The van der Waals surface area contributed by atoms with E-state index in [1.54, 1.807) is 0 Å². The number of amides is 3. The number of fused-ring (bicyclic) bond motifs is 1. The van der Waals surface area contributed by atoms with Gasteiger partial charge in [-0.15, -0.1) is 0 Å². The molecule has 0 aliphatic carbocycles. The van der Waals surface area contributed by atoms with Crippen molar-refractivity contribution in [1.29, 1.82) is 0 Å². The maximum atomic E-state index is 12.3. The Balaban J connectivity index is 1.29. The van der Waals surface area contributed by atoms with Crippen LogP contribution in [0.5, 0.6) is 0 Å². The van der Waals surface area contributed by atoms with E-state index in [0.717, 1.165) is 45.7 Å². The van der Waals surface area contributed by atoms with Crippen LogP contribution in [0.2, 0.25) is 0 Å². The Hall–Kier alpha value is -2.12. The fraction of sp³-hybridized carbons (Fsp3) is 0.579. The van der Waals surface area contributed by atoms with E-state index >= 15 is 0 Å². The number of carbonyl (C=O) groups is 2. The molecule has 0 unspecified atom stereocenters. The van der Waals surface area contributed by atoms with Crippen molar-refractivity contribution < 1.29 is 9.59 Å². The van der Waals surface area contributed by atoms with Crippen molar-refractivity contribution in [2.45, 2.75) is 19.4 Å². The molecule has 7 nitrogen and oxygen atoms in total. The number of piperazine rings is 1. The van der Waals surface area contributed by atoms with E-state index < -0.39 is 0 Å². The maximum Gasteiger partial charge on any atom is 0.317 e. The zero-order chi connectivity index (χ0) is 18.2. The molecule has 0 atom stereocenters. The summed E-state index contributed by atoms with van der Waals surface area (Å²) in [4.78, 5) is 28.3. The van der Waals surface area contributed by atoms with Gasteiger partial charge in [-0.25, -0.2) is 4.79 Å². The fourth-order valence-corrected chi connectivity index (χ4v) is 3.44. The first-order chi connectivity index (χ1) is 12.7. The van der Waals surface area contributed by atoms with Crippen LogP contribution in [0.15, 0.2) is 24.3 Å². The predicted molar refractivity (Wildman–Crippen MR) is 101 cm³/mol. The second kappa shape index (κ2) is 9.54. The van der Waals surface area contributed by atoms with Crippen LogP contribution in [-0.4, -0.2) is 74.1 Å². The van der Waals surface area contributed by atoms with E-state index in [0.29, 0.717) is 26.1 Å². The number of rotatable bonds is 6. The Morgan fingerprint density at radius 1 is 1.00 bits per heavy atom. The summed E-state index contributed by atoms with van der Waals surface area (Å²) in [5, 5.41) is 9.10. The second-order valence-corrected chi connectivity index (χ2v) is 6.86. The van der Waals surface area contributed by atoms with Crippen molar-refractivity contribution in [2.75, 3.05) is 52.4 Å². The van der Waals surface area contributed by atoms with Gasteiger partial charge in [0.25, 0.3) is 0 Å². The lowest BCUT2D eigenvalue weighted by molar-refractivity contribution is -0.121. The summed E-state index contributed by atoms with van der Waals surface area (Å²) in [5.41, 5.74) is 2.53. The number of urea groups is 1. The molecule has 2 aliphatic heterocycles. The van der Waals surface area contributed by atoms with Crippen LogP contribution in [0.3, 0.4) is 0 Å². The van der Waals surface area contributed by atoms with Gasteiger partial charge in [-0.1, -0.05) is 24.3 Å². The third kappa shape index (κ3) is 5.44. The van der Waals surface area contributed by atoms with Crippen molar-refractivity contribution in [1.82, 2.24) is 25.8 Å². The standard InChI is InChI=1S/C19H29N5O2/c25-18(21-10-14-23-12-8-20-9-13-23)5-7-22-19(26)24-11-6-16-3-1-2-4-17(16)15-24/h1-4,20H,5-15H2,(H,21,25)(H,22,26).